The van der Waals surface area contributed by atoms with Crippen LogP contribution in [0.5, 0.6) is 5.75 Å². The molecule has 1 N–H and O–H groups in total. The molecule has 180 valence electrons. The first-order valence-corrected chi connectivity index (χ1v) is 13.9. The summed E-state index contributed by atoms with van der Waals surface area (Å²) in [5.74, 6) is -0.00404. The Hall–Kier alpha value is -2.63. The van der Waals surface area contributed by atoms with Crippen LogP contribution in [0.25, 0.3) is 0 Å². The van der Waals surface area contributed by atoms with Crippen LogP contribution < -0.4 is 14.4 Å². The maximum atomic E-state index is 12.9. The van der Waals surface area contributed by atoms with E-state index in [2.05, 4.69) is 5.32 Å². The van der Waals surface area contributed by atoms with Crippen molar-refractivity contribution in [2.75, 3.05) is 41.6 Å². The van der Waals surface area contributed by atoms with E-state index in [1.54, 1.807) is 32.9 Å². The highest BCUT2D eigenvalue weighted by Gasteiger charge is 2.28. The molecule has 1 aliphatic heterocycles. The highest BCUT2D eigenvalue weighted by atomic mass is 32.2. The molecule has 0 aliphatic carbocycles. The van der Waals surface area contributed by atoms with Gasteiger partial charge >= 0.3 is 0 Å². The largest absolute Gasteiger partial charge is 0.492 e. The molecule has 1 aliphatic rings. The van der Waals surface area contributed by atoms with E-state index in [9.17, 15) is 21.6 Å². The molecule has 11 heteroatoms. The van der Waals surface area contributed by atoms with Crippen molar-refractivity contribution in [1.82, 2.24) is 4.31 Å². The summed E-state index contributed by atoms with van der Waals surface area (Å²) < 4.78 is 58.3. The van der Waals surface area contributed by atoms with Gasteiger partial charge in [0.15, 0.2) is 0 Å². The Balaban J connectivity index is 1.87. The third-order valence-corrected chi connectivity index (χ3v) is 9.27. The topological polar surface area (TPSA) is 113 Å². The lowest BCUT2D eigenvalue weighted by Gasteiger charge is -2.20. The minimum atomic E-state index is -3.72. The van der Waals surface area contributed by atoms with Gasteiger partial charge in [0.25, 0.3) is 5.91 Å². The van der Waals surface area contributed by atoms with Crippen LogP contribution >= 0.6 is 0 Å². The minimum Gasteiger partial charge on any atom is -0.492 e. The van der Waals surface area contributed by atoms with Gasteiger partial charge in [-0.15, -0.1) is 0 Å². The van der Waals surface area contributed by atoms with Crippen molar-refractivity contribution in [3.8, 4) is 5.75 Å². The smallest absolute Gasteiger partial charge is 0.255 e. The van der Waals surface area contributed by atoms with Crippen LogP contribution in [-0.2, 0) is 20.0 Å². The van der Waals surface area contributed by atoms with Crippen molar-refractivity contribution in [2.45, 2.75) is 32.1 Å². The Bertz CT molecular complexity index is 1210. The van der Waals surface area contributed by atoms with Gasteiger partial charge in [0.2, 0.25) is 20.0 Å². The quantitative estimate of drug-likeness (QED) is 0.572. The Kier molecular flexibility index (Phi) is 7.65. The van der Waals surface area contributed by atoms with Gasteiger partial charge in [-0.2, -0.15) is 4.31 Å². The van der Waals surface area contributed by atoms with E-state index in [-0.39, 0.29) is 16.3 Å². The van der Waals surface area contributed by atoms with E-state index < -0.39 is 26.0 Å². The normalized spacial score (nSPS) is 15.6. The highest BCUT2D eigenvalue weighted by molar-refractivity contribution is 7.93. The molecule has 2 aromatic rings. The summed E-state index contributed by atoms with van der Waals surface area (Å²) in [6.45, 7) is 6.71. The van der Waals surface area contributed by atoms with Crippen molar-refractivity contribution in [1.29, 1.82) is 0 Å². The van der Waals surface area contributed by atoms with Gasteiger partial charge < -0.3 is 10.1 Å². The number of rotatable bonds is 9. The van der Waals surface area contributed by atoms with Crippen molar-refractivity contribution in [3.05, 3.63) is 48.0 Å². The number of nitrogens with one attached hydrogen (secondary N) is 1. The number of carbonyl (C=O) groups excluding carboxylic acids is 1. The number of hydrogen-bond donors (Lipinski definition) is 1. The van der Waals surface area contributed by atoms with Crippen molar-refractivity contribution in [3.63, 3.8) is 0 Å². The minimum absolute atomic E-state index is 0.0551. The van der Waals surface area contributed by atoms with Gasteiger partial charge in [-0.25, -0.2) is 16.8 Å². The SMILES string of the molecule is CCOc1ccc(S(=O)(=O)N(CC)CC)cc1NC(=O)c1ccc(N2CCCS2(=O)=O)cc1. The fourth-order valence-electron chi connectivity index (χ4n) is 3.66. The van der Waals surface area contributed by atoms with E-state index >= 15 is 0 Å². The number of hydrogen-bond acceptors (Lipinski definition) is 6. The number of amides is 1. The molecule has 1 amide bonds. The molecule has 33 heavy (non-hydrogen) atoms. The second-order valence-corrected chi connectivity index (χ2v) is 11.4. The molecule has 0 radical (unpaired) electrons. The summed E-state index contributed by atoms with van der Waals surface area (Å²) in [5.41, 5.74) is 1.04. The predicted molar refractivity (Wildman–Crippen MR) is 128 cm³/mol. The molecule has 2 aromatic carbocycles. The number of ether oxygens (including phenoxy) is 1. The molecular formula is C22H29N3O6S2. The van der Waals surface area contributed by atoms with E-state index in [4.69, 9.17) is 4.74 Å². The van der Waals surface area contributed by atoms with E-state index in [0.29, 0.717) is 49.7 Å². The standard InChI is InChI=1S/C22H29N3O6S2/c1-4-24(5-2)33(29,30)19-12-13-21(31-6-3)20(16-19)23-22(26)17-8-10-18(11-9-17)25-14-7-15-32(25,27)28/h8-13,16H,4-7,14-15H2,1-3H3,(H,23,26). The molecule has 0 unspecified atom stereocenters. The molecule has 9 nitrogen and oxygen atoms in total. The summed E-state index contributed by atoms with van der Waals surface area (Å²) in [4.78, 5) is 12.9. The van der Waals surface area contributed by atoms with Gasteiger partial charge in [0.1, 0.15) is 5.75 Å². The predicted octanol–water partition coefficient (Wildman–Crippen LogP) is 2.91. The van der Waals surface area contributed by atoms with E-state index in [0.717, 1.165) is 0 Å². The van der Waals surface area contributed by atoms with Crippen LogP contribution in [-0.4, -0.2) is 59.0 Å². The van der Waals surface area contributed by atoms with Gasteiger partial charge in [0.05, 0.1) is 28.6 Å². The zero-order chi connectivity index (χ0) is 24.2. The lowest BCUT2D eigenvalue weighted by atomic mass is 10.2. The Labute approximate surface area is 195 Å². The lowest BCUT2D eigenvalue weighted by Crippen LogP contribution is -2.30. The van der Waals surface area contributed by atoms with Crippen LogP contribution in [0.2, 0.25) is 0 Å². The summed E-state index contributed by atoms with van der Waals surface area (Å²) in [6, 6.07) is 10.6. The van der Waals surface area contributed by atoms with Crippen molar-refractivity contribution in [2.24, 2.45) is 0 Å². The van der Waals surface area contributed by atoms with Gasteiger partial charge in [-0.3, -0.25) is 9.10 Å². The second kappa shape index (κ2) is 10.1. The monoisotopic (exact) mass is 495 g/mol. The Morgan fingerprint density at radius 1 is 1.09 bits per heavy atom. The molecule has 0 atom stereocenters. The zero-order valence-electron chi connectivity index (χ0n) is 18.9. The Morgan fingerprint density at radius 2 is 1.76 bits per heavy atom. The van der Waals surface area contributed by atoms with E-state index in [1.165, 1.54) is 38.9 Å². The summed E-state index contributed by atoms with van der Waals surface area (Å²) in [5, 5.41) is 2.73. The van der Waals surface area contributed by atoms with Crippen LogP contribution in [0.4, 0.5) is 11.4 Å². The molecule has 3 rings (SSSR count). The maximum absolute atomic E-state index is 12.9. The van der Waals surface area contributed by atoms with Crippen LogP contribution in [0.15, 0.2) is 47.4 Å². The first-order chi connectivity index (χ1) is 15.6. The average molecular weight is 496 g/mol. The third-order valence-electron chi connectivity index (χ3n) is 5.36. The van der Waals surface area contributed by atoms with Gasteiger partial charge in [0, 0.05) is 25.2 Å². The number of anilines is 2. The molecule has 0 bridgehead atoms. The fourth-order valence-corrected chi connectivity index (χ4v) is 6.71. The molecule has 1 heterocycles. The molecule has 1 saturated heterocycles. The lowest BCUT2D eigenvalue weighted by molar-refractivity contribution is 0.102. The van der Waals surface area contributed by atoms with Crippen LogP contribution in [0.1, 0.15) is 37.6 Å². The van der Waals surface area contributed by atoms with Gasteiger partial charge in [-0.05, 0) is 55.8 Å². The van der Waals surface area contributed by atoms with Crippen molar-refractivity contribution < 1.29 is 26.4 Å². The van der Waals surface area contributed by atoms with E-state index in [1.807, 2.05) is 0 Å². The third kappa shape index (κ3) is 5.31. The molecular weight excluding hydrogens is 466 g/mol. The molecule has 0 spiro atoms. The molecule has 1 fully saturated rings. The number of benzene rings is 2. The summed E-state index contributed by atoms with van der Waals surface area (Å²) >= 11 is 0. The first kappa shape index (κ1) is 25.0. The van der Waals surface area contributed by atoms with Crippen LogP contribution in [0.3, 0.4) is 0 Å². The van der Waals surface area contributed by atoms with Crippen molar-refractivity contribution >= 4 is 37.3 Å². The summed E-state index contributed by atoms with van der Waals surface area (Å²) in [7, 11) is -7.03. The fraction of sp³-hybridized carbons (Fsp3) is 0.409. The number of carbonyl (C=O) groups is 1. The first-order valence-electron chi connectivity index (χ1n) is 10.8. The molecule has 0 aromatic heterocycles. The maximum Gasteiger partial charge on any atom is 0.255 e. The molecule has 0 saturated carbocycles. The van der Waals surface area contributed by atoms with Gasteiger partial charge in [-0.1, -0.05) is 13.8 Å². The summed E-state index contributed by atoms with van der Waals surface area (Å²) in [6.07, 6.45) is 0.567. The Morgan fingerprint density at radius 3 is 2.30 bits per heavy atom. The average Bonchev–Trinajstić information content (AvgIpc) is 3.14. The number of nitrogens with zero attached hydrogens (tertiary/aromatic N) is 2. The zero-order valence-corrected chi connectivity index (χ0v) is 20.6. The second-order valence-electron chi connectivity index (χ2n) is 7.42. The van der Waals surface area contributed by atoms with Crippen LogP contribution in [0, 0.1) is 0 Å². The number of sulfonamides is 2. The highest BCUT2D eigenvalue weighted by Crippen LogP contribution is 2.30.